The van der Waals surface area contributed by atoms with Crippen LogP contribution in [0.25, 0.3) is 0 Å². The largest absolute Gasteiger partial charge is 0.384 e. The van der Waals surface area contributed by atoms with Gasteiger partial charge in [-0.25, -0.2) is 0 Å². The van der Waals surface area contributed by atoms with E-state index in [9.17, 15) is 9.90 Å². The summed E-state index contributed by atoms with van der Waals surface area (Å²) in [5.74, 6) is 0.569. The number of aromatic nitrogens is 1. The highest BCUT2D eigenvalue weighted by atomic mass is 35.5. The van der Waals surface area contributed by atoms with Crippen molar-refractivity contribution in [2.75, 3.05) is 45.9 Å². The second-order valence-corrected chi connectivity index (χ2v) is 7.08. The number of aryl methyl sites for hydroxylation is 1. The number of hydrogen-bond acceptors (Lipinski definition) is 6. The number of carbonyl (C=O) groups is 1. The van der Waals surface area contributed by atoms with Crippen LogP contribution in [-0.2, 0) is 16.0 Å². The fraction of sp³-hybridized carbons (Fsp3) is 0.750. The molecule has 8 heteroatoms. The summed E-state index contributed by atoms with van der Waals surface area (Å²) >= 11 is 5.71. The van der Waals surface area contributed by atoms with Crippen LogP contribution in [-0.4, -0.2) is 77.5 Å². The van der Waals surface area contributed by atoms with Gasteiger partial charge in [0.15, 0.2) is 5.15 Å². The Hall–Kier alpha value is -1.15. The maximum Gasteiger partial charge on any atom is 0.223 e. The zero-order valence-corrected chi connectivity index (χ0v) is 14.5. The molecule has 3 heterocycles. The number of ether oxygens (including phenoxy) is 1. The molecule has 2 aliphatic rings. The fourth-order valence-corrected chi connectivity index (χ4v) is 3.53. The maximum absolute atomic E-state index is 12.5. The van der Waals surface area contributed by atoms with E-state index in [4.69, 9.17) is 20.9 Å². The van der Waals surface area contributed by atoms with Gasteiger partial charge in [0, 0.05) is 32.0 Å². The van der Waals surface area contributed by atoms with E-state index >= 15 is 0 Å². The highest BCUT2D eigenvalue weighted by Crippen LogP contribution is 2.19. The van der Waals surface area contributed by atoms with Gasteiger partial charge in [-0.2, -0.15) is 0 Å². The third-order valence-electron chi connectivity index (χ3n) is 4.55. The van der Waals surface area contributed by atoms with E-state index in [2.05, 4.69) is 10.1 Å². The predicted octanol–water partition coefficient (Wildman–Crippen LogP) is 0.946. The van der Waals surface area contributed by atoms with Gasteiger partial charge in [0.1, 0.15) is 11.4 Å². The molecule has 0 aliphatic carbocycles. The van der Waals surface area contributed by atoms with Gasteiger partial charge in [-0.15, -0.1) is 0 Å². The van der Waals surface area contributed by atoms with Crippen LogP contribution in [0.4, 0.5) is 0 Å². The number of rotatable bonds is 5. The Morgan fingerprint density at radius 2 is 2.17 bits per heavy atom. The Kier molecular flexibility index (Phi) is 5.76. The van der Waals surface area contributed by atoms with E-state index in [0.717, 1.165) is 13.1 Å². The number of carbonyl (C=O) groups excluding carboxylic acids is 1. The summed E-state index contributed by atoms with van der Waals surface area (Å²) in [6.07, 6.45) is 3.07. The summed E-state index contributed by atoms with van der Waals surface area (Å²) in [6, 6.07) is 1.62. The van der Waals surface area contributed by atoms with Crippen molar-refractivity contribution >= 4 is 17.5 Å². The van der Waals surface area contributed by atoms with E-state index < -0.39 is 5.60 Å². The van der Waals surface area contributed by atoms with Crippen LogP contribution in [0, 0.1) is 0 Å². The topological polar surface area (TPSA) is 79.0 Å². The molecule has 1 aromatic rings. The van der Waals surface area contributed by atoms with Crippen LogP contribution in [0.15, 0.2) is 10.6 Å². The van der Waals surface area contributed by atoms with Crippen molar-refractivity contribution in [1.29, 1.82) is 0 Å². The van der Waals surface area contributed by atoms with Crippen LogP contribution in [0.5, 0.6) is 0 Å². The number of aliphatic hydroxyl groups is 1. The van der Waals surface area contributed by atoms with E-state index in [-0.39, 0.29) is 12.5 Å². The molecule has 0 spiro atoms. The summed E-state index contributed by atoms with van der Waals surface area (Å²) in [5, 5.41) is 14.8. The minimum atomic E-state index is -1.01. The molecule has 2 fully saturated rings. The van der Waals surface area contributed by atoms with Gasteiger partial charge in [0.2, 0.25) is 5.91 Å². The molecular weight excluding hydrogens is 334 g/mol. The van der Waals surface area contributed by atoms with E-state index in [0.29, 0.717) is 50.0 Å². The first-order valence-electron chi connectivity index (χ1n) is 8.45. The molecule has 1 N–H and O–H groups in total. The molecule has 7 nitrogen and oxygen atoms in total. The molecule has 1 atom stereocenters. The highest BCUT2D eigenvalue weighted by Gasteiger charge is 2.36. The Morgan fingerprint density at radius 3 is 2.88 bits per heavy atom. The SMILES string of the molecule is O=C(CCc1cc(Cl)no1)N1CCOC[C@](O)(CN2CCCC2)C1. The van der Waals surface area contributed by atoms with E-state index in [1.807, 2.05) is 0 Å². The zero-order valence-electron chi connectivity index (χ0n) is 13.7. The fourth-order valence-electron chi connectivity index (χ4n) is 3.38. The summed E-state index contributed by atoms with van der Waals surface area (Å²) in [7, 11) is 0. The average Bonchev–Trinajstić information content (AvgIpc) is 3.15. The molecule has 0 bridgehead atoms. The Bertz CT molecular complexity index is 561. The average molecular weight is 358 g/mol. The molecule has 0 radical (unpaired) electrons. The molecule has 134 valence electrons. The number of halogens is 1. The lowest BCUT2D eigenvalue weighted by molar-refractivity contribution is -0.134. The van der Waals surface area contributed by atoms with Gasteiger partial charge >= 0.3 is 0 Å². The van der Waals surface area contributed by atoms with Gasteiger partial charge in [-0.05, 0) is 25.9 Å². The van der Waals surface area contributed by atoms with Crippen LogP contribution >= 0.6 is 11.6 Å². The Balaban J connectivity index is 1.55. The van der Waals surface area contributed by atoms with Crippen molar-refractivity contribution < 1.29 is 19.2 Å². The number of amides is 1. The number of β-amino-alcohol motifs (C(OH)–C–C–N with tert-alkyl or cyclic N) is 1. The smallest absolute Gasteiger partial charge is 0.223 e. The molecule has 2 aliphatic heterocycles. The summed E-state index contributed by atoms with van der Waals surface area (Å²) in [5.41, 5.74) is -1.01. The van der Waals surface area contributed by atoms with Crippen molar-refractivity contribution in [3.05, 3.63) is 17.0 Å². The molecule has 1 amide bonds. The molecule has 24 heavy (non-hydrogen) atoms. The number of hydrogen-bond donors (Lipinski definition) is 1. The molecule has 2 saturated heterocycles. The van der Waals surface area contributed by atoms with Crippen molar-refractivity contribution in [2.45, 2.75) is 31.3 Å². The lowest BCUT2D eigenvalue weighted by Crippen LogP contribution is -2.53. The number of nitrogens with zero attached hydrogens (tertiary/aromatic N) is 3. The summed E-state index contributed by atoms with van der Waals surface area (Å²) in [4.78, 5) is 16.4. The first-order valence-corrected chi connectivity index (χ1v) is 8.83. The van der Waals surface area contributed by atoms with Crippen molar-refractivity contribution in [3.8, 4) is 0 Å². The molecule has 3 rings (SSSR count). The van der Waals surface area contributed by atoms with Crippen molar-refractivity contribution in [2.24, 2.45) is 0 Å². The second-order valence-electron chi connectivity index (χ2n) is 6.69. The second kappa shape index (κ2) is 7.82. The van der Waals surface area contributed by atoms with E-state index in [1.165, 1.54) is 12.8 Å². The molecule has 0 saturated carbocycles. The highest BCUT2D eigenvalue weighted by molar-refractivity contribution is 6.29. The molecule has 0 aromatic carbocycles. The molecule has 0 unspecified atom stereocenters. The number of likely N-dealkylation sites (tertiary alicyclic amines) is 1. The third-order valence-corrected chi connectivity index (χ3v) is 4.72. The minimum absolute atomic E-state index is 0.0205. The first kappa shape index (κ1) is 17.7. The normalized spacial score (nSPS) is 25.8. The minimum Gasteiger partial charge on any atom is -0.384 e. The first-order chi connectivity index (χ1) is 11.5. The van der Waals surface area contributed by atoms with Crippen LogP contribution in [0.2, 0.25) is 5.15 Å². The van der Waals surface area contributed by atoms with Gasteiger partial charge in [-0.1, -0.05) is 16.8 Å². The molecular formula is C16H24ClN3O4. The van der Waals surface area contributed by atoms with Gasteiger partial charge < -0.3 is 24.2 Å². The Labute approximate surface area is 146 Å². The van der Waals surface area contributed by atoms with Gasteiger partial charge in [0.25, 0.3) is 0 Å². The maximum atomic E-state index is 12.5. The van der Waals surface area contributed by atoms with Crippen LogP contribution < -0.4 is 0 Å². The van der Waals surface area contributed by atoms with Crippen molar-refractivity contribution in [3.63, 3.8) is 0 Å². The summed E-state index contributed by atoms with van der Waals surface area (Å²) < 4.78 is 10.6. The summed E-state index contributed by atoms with van der Waals surface area (Å²) in [6.45, 7) is 4.07. The third kappa shape index (κ3) is 4.69. The lowest BCUT2D eigenvalue weighted by atomic mass is 10.0. The lowest BCUT2D eigenvalue weighted by Gasteiger charge is -2.34. The monoisotopic (exact) mass is 357 g/mol. The zero-order chi connectivity index (χ0) is 17.0. The van der Waals surface area contributed by atoms with Crippen molar-refractivity contribution in [1.82, 2.24) is 15.0 Å². The van der Waals surface area contributed by atoms with Crippen LogP contribution in [0.3, 0.4) is 0 Å². The van der Waals surface area contributed by atoms with E-state index in [1.54, 1.807) is 11.0 Å². The predicted molar refractivity (Wildman–Crippen MR) is 87.9 cm³/mol. The quantitative estimate of drug-likeness (QED) is 0.845. The van der Waals surface area contributed by atoms with Crippen LogP contribution in [0.1, 0.15) is 25.0 Å². The Morgan fingerprint density at radius 1 is 1.38 bits per heavy atom. The molecule has 1 aromatic heterocycles. The van der Waals surface area contributed by atoms with Gasteiger partial charge in [-0.3, -0.25) is 4.79 Å². The standard InChI is InChI=1S/C16H24ClN3O4/c17-14-9-13(24-18-14)3-4-15(21)20-7-8-23-12-16(22,11-20)10-19-5-1-2-6-19/h9,22H,1-8,10-12H2/t16-/m0/s1. The van der Waals surface area contributed by atoms with Gasteiger partial charge in [0.05, 0.1) is 19.8 Å².